The zero-order valence-corrected chi connectivity index (χ0v) is 21.3. The molecule has 36 heavy (non-hydrogen) atoms. The Kier molecular flexibility index (Phi) is 7.17. The van der Waals surface area contributed by atoms with Gasteiger partial charge >= 0.3 is 0 Å². The molecule has 0 radical (unpaired) electrons. The molecule has 1 unspecified atom stereocenters. The van der Waals surface area contributed by atoms with Crippen LogP contribution in [-0.2, 0) is 19.3 Å². The van der Waals surface area contributed by atoms with E-state index in [1.165, 1.54) is 10.6 Å². The summed E-state index contributed by atoms with van der Waals surface area (Å²) < 4.78 is 66.0. The van der Waals surface area contributed by atoms with Gasteiger partial charge < -0.3 is 14.8 Å². The summed E-state index contributed by atoms with van der Waals surface area (Å²) >= 11 is 6.30. The Hall–Kier alpha value is -2.34. The van der Waals surface area contributed by atoms with E-state index in [0.29, 0.717) is 31.9 Å². The predicted octanol–water partition coefficient (Wildman–Crippen LogP) is 5.76. The lowest BCUT2D eigenvalue weighted by molar-refractivity contribution is -0.0363. The van der Waals surface area contributed by atoms with Crippen LogP contribution in [0.5, 0.6) is 0 Å². The van der Waals surface area contributed by atoms with Crippen LogP contribution in [0.25, 0.3) is 11.2 Å². The van der Waals surface area contributed by atoms with Crippen molar-refractivity contribution in [3.05, 3.63) is 40.8 Å². The molecule has 0 spiro atoms. The van der Waals surface area contributed by atoms with Crippen molar-refractivity contribution in [1.29, 1.82) is 0 Å². The summed E-state index contributed by atoms with van der Waals surface area (Å²) in [5, 5.41) is 3.14. The number of alkyl halides is 2. The zero-order chi connectivity index (χ0) is 25.4. The minimum absolute atomic E-state index is 0.0579. The van der Waals surface area contributed by atoms with Crippen LogP contribution >= 0.6 is 11.6 Å². The van der Waals surface area contributed by atoms with Gasteiger partial charge in [-0.2, -0.15) is 0 Å². The molecular formula is C24H27ClF2N4O4S. The van der Waals surface area contributed by atoms with E-state index in [2.05, 4.69) is 15.3 Å². The van der Waals surface area contributed by atoms with Crippen LogP contribution in [0.4, 0.5) is 20.2 Å². The van der Waals surface area contributed by atoms with E-state index in [-0.39, 0.29) is 32.8 Å². The first-order valence-electron chi connectivity index (χ1n) is 11.9. The van der Waals surface area contributed by atoms with Gasteiger partial charge in [0.15, 0.2) is 21.3 Å². The Morgan fingerprint density at radius 2 is 1.86 bits per heavy atom. The number of fused-ring (bicyclic) bond motifs is 1. The van der Waals surface area contributed by atoms with E-state index < -0.39 is 28.3 Å². The monoisotopic (exact) mass is 540 g/mol. The highest BCUT2D eigenvalue weighted by atomic mass is 35.5. The second-order valence-electron chi connectivity index (χ2n) is 9.17. The molecule has 8 nitrogen and oxygen atoms in total. The van der Waals surface area contributed by atoms with Crippen molar-refractivity contribution in [3.63, 3.8) is 0 Å². The van der Waals surface area contributed by atoms with E-state index in [1.807, 2.05) is 6.07 Å². The second kappa shape index (κ2) is 10.2. The summed E-state index contributed by atoms with van der Waals surface area (Å²) in [6, 6.07) is 6.70. The van der Waals surface area contributed by atoms with E-state index in [0.717, 1.165) is 37.5 Å². The van der Waals surface area contributed by atoms with Gasteiger partial charge in [0.1, 0.15) is 16.9 Å². The molecule has 4 heterocycles. The molecule has 0 aliphatic carbocycles. The van der Waals surface area contributed by atoms with Crippen LogP contribution in [-0.4, -0.2) is 49.0 Å². The number of nitrogens with zero attached hydrogens (tertiary/aromatic N) is 3. The Morgan fingerprint density at radius 1 is 1.08 bits per heavy atom. The third-order valence-corrected chi connectivity index (χ3v) is 7.98. The number of aromatic nitrogens is 3. The first-order valence-corrected chi connectivity index (χ1v) is 14.2. The van der Waals surface area contributed by atoms with Gasteiger partial charge in [-0.25, -0.2) is 27.2 Å². The number of halogens is 3. The van der Waals surface area contributed by atoms with Crippen LogP contribution in [0.15, 0.2) is 29.2 Å². The maximum Gasteiger partial charge on any atom is 0.295 e. The van der Waals surface area contributed by atoms with Gasteiger partial charge in [0.2, 0.25) is 0 Å². The van der Waals surface area contributed by atoms with Gasteiger partial charge in [0.25, 0.3) is 6.43 Å². The van der Waals surface area contributed by atoms with Gasteiger partial charge in [-0.05, 0) is 55.7 Å². The van der Waals surface area contributed by atoms with Crippen LogP contribution in [0.2, 0.25) is 5.15 Å². The molecule has 12 heteroatoms. The average Bonchev–Trinajstić information content (AvgIpc) is 3.24. The molecule has 0 amide bonds. The fourth-order valence-corrected chi connectivity index (χ4v) is 5.95. The Morgan fingerprint density at radius 3 is 2.53 bits per heavy atom. The number of rotatable bonds is 6. The standard InChI is InChI=1S/C24H27ClF2N4O4S/c1-36(32,33)18-12-15(14-7-10-34-11-8-14)5-6-16(18)28-17-13-19(25)29-23-21(17)30-24(22(26)27)31(23)20-4-2-3-9-35-20/h5-6,12-14,20,22H,2-4,7-11H2,1H3,(H,28,29). The minimum Gasteiger partial charge on any atom is -0.381 e. The number of ether oxygens (including phenoxy) is 2. The number of hydrogen-bond acceptors (Lipinski definition) is 7. The van der Waals surface area contributed by atoms with Crippen LogP contribution in [0.1, 0.15) is 62.1 Å². The molecule has 2 aromatic heterocycles. The van der Waals surface area contributed by atoms with Crippen molar-refractivity contribution >= 4 is 44.0 Å². The molecule has 1 N–H and O–H groups in total. The van der Waals surface area contributed by atoms with Crippen LogP contribution in [0.3, 0.4) is 0 Å². The zero-order valence-electron chi connectivity index (χ0n) is 19.7. The molecule has 1 atom stereocenters. The Bertz CT molecular complexity index is 1370. The van der Waals surface area contributed by atoms with Crippen LogP contribution in [0, 0.1) is 0 Å². The SMILES string of the molecule is CS(=O)(=O)c1cc(C2CCOCC2)ccc1Nc1cc(Cl)nc2c1nc(C(F)F)n2C1CCCCO1. The third-order valence-electron chi connectivity index (χ3n) is 6.65. The Balaban J connectivity index is 1.60. The summed E-state index contributed by atoms with van der Waals surface area (Å²) in [6.07, 6.45) is 1.51. The van der Waals surface area contributed by atoms with Gasteiger partial charge in [-0.15, -0.1) is 0 Å². The van der Waals surface area contributed by atoms with Gasteiger partial charge in [0, 0.05) is 32.1 Å². The minimum atomic E-state index is -3.62. The normalized spacial score (nSPS) is 19.8. The van der Waals surface area contributed by atoms with E-state index in [9.17, 15) is 17.2 Å². The number of anilines is 2. The maximum atomic E-state index is 14.0. The highest BCUT2D eigenvalue weighted by Crippen LogP contribution is 2.38. The van der Waals surface area contributed by atoms with Crippen molar-refractivity contribution < 1.29 is 26.7 Å². The van der Waals surface area contributed by atoms with Crippen LogP contribution < -0.4 is 5.32 Å². The van der Waals surface area contributed by atoms with Crippen molar-refractivity contribution in [2.75, 3.05) is 31.4 Å². The molecule has 2 fully saturated rings. The van der Waals surface area contributed by atoms with E-state index >= 15 is 0 Å². The number of sulfone groups is 1. The lowest BCUT2D eigenvalue weighted by Gasteiger charge is -2.25. The second-order valence-corrected chi connectivity index (χ2v) is 11.5. The molecule has 2 saturated heterocycles. The molecule has 0 saturated carbocycles. The fraction of sp³-hybridized carbons (Fsp3) is 0.500. The van der Waals surface area contributed by atoms with E-state index in [1.54, 1.807) is 12.1 Å². The molecule has 194 valence electrons. The third kappa shape index (κ3) is 5.06. The lowest BCUT2D eigenvalue weighted by atomic mass is 9.91. The lowest BCUT2D eigenvalue weighted by Crippen LogP contribution is -2.20. The van der Waals surface area contributed by atoms with Crippen molar-refractivity contribution in [1.82, 2.24) is 14.5 Å². The maximum absolute atomic E-state index is 14.0. The molecule has 3 aromatic rings. The summed E-state index contributed by atoms with van der Waals surface area (Å²) in [7, 11) is -3.62. The van der Waals surface area contributed by atoms with Gasteiger partial charge in [-0.1, -0.05) is 17.7 Å². The smallest absolute Gasteiger partial charge is 0.295 e. The first-order chi connectivity index (χ1) is 17.2. The molecule has 2 aliphatic rings. The number of imidazole rings is 1. The highest BCUT2D eigenvalue weighted by molar-refractivity contribution is 7.90. The number of benzene rings is 1. The first kappa shape index (κ1) is 25.3. The largest absolute Gasteiger partial charge is 0.381 e. The molecule has 5 rings (SSSR count). The predicted molar refractivity (Wildman–Crippen MR) is 132 cm³/mol. The number of nitrogens with one attached hydrogen (secondary N) is 1. The summed E-state index contributed by atoms with van der Waals surface area (Å²) in [6.45, 7) is 1.72. The Labute approximate surface area is 212 Å². The van der Waals surface area contributed by atoms with E-state index in [4.69, 9.17) is 21.1 Å². The molecular weight excluding hydrogens is 514 g/mol. The summed E-state index contributed by atoms with van der Waals surface area (Å²) in [5.74, 6) is -0.261. The molecule has 1 aromatic carbocycles. The molecule has 2 aliphatic heterocycles. The summed E-state index contributed by atoms with van der Waals surface area (Å²) in [5.41, 5.74) is 1.83. The molecule has 0 bridgehead atoms. The topological polar surface area (TPSA) is 95.3 Å². The van der Waals surface area contributed by atoms with Crippen molar-refractivity contribution in [3.8, 4) is 0 Å². The van der Waals surface area contributed by atoms with Gasteiger partial charge in [0.05, 0.1) is 16.3 Å². The quantitative estimate of drug-likeness (QED) is 0.397. The van der Waals surface area contributed by atoms with Crippen molar-refractivity contribution in [2.45, 2.75) is 55.6 Å². The number of pyridine rings is 1. The fourth-order valence-electron chi connectivity index (χ4n) is 4.89. The highest BCUT2D eigenvalue weighted by Gasteiger charge is 2.29. The average molecular weight is 541 g/mol. The van der Waals surface area contributed by atoms with Gasteiger partial charge in [-0.3, -0.25) is 4.57 Å². The summed E-state index contributed by atoms with van der Waals surface area (Å²) in [4.78, 5) is 8.59. The van der Waals surface area contributed by atoms with Crippen molar-refractivity contribution in [2.24, 2.45) is 0 Å². The number of hydrogen-bond donors (Lipinski definition) is 1.